The van der Waals surface area contributed by atoms with Crippen LogP contribution in [0.2, 0.25) is 0 Å². The molecule has 34 heavy (non-hydrogen) atoms. The van der Waals surface area contributed by atoms with Gasteiger partial charge in [0.15, 0.2) is 15.6 Å². The van der Waals surface area contributed by atoms with Crippen LogP contribution in [0.4, 0.5) is 0 Å². The van der Waals surface area contributed by atoms with Crippen molar-refractivity contribution in [3.05, 3.63) is 23.3 Å². The molecule has 1 atom stereocenters. The number of ketones is 1. The molecule has 2 fully saturated rings. The van der Waals surface area contributed by atoms with Crippen LogP contribution in [-0.4, -0.2) is 88.8 Å². The molecule has 0 saturated carbocycles. The number of hydrogen-bond acceptors (Lipinski definition) is 7. The van der Waals surface area contributed by atoms with Crippen molar-refractivity contribution in [2.45, 2.75) is 69.1 Å². The second-order valence-corrected chi connectivity index (χ2v) is 12.4. The van der Waals surface area contributed by atoms with Gasteiger partial charge in [-0.2, -0.15) is 0 Å². The monoisotopic (exact) mass is 494 g/mol. The molecule has 1 aromatic carbocycles. The topological polar surface area (TPSA) is 76.2 Å². The molecule has 0 bridgehead atoms. The number of aryl methyl sites for hydroxylation is 2. The Labute approximate surface area is 205 Å². The average Bonchev–Trinajstić information content (AvgIpc) is 2.81. The fraction of sp³-hybridized carbons (Fsp3) is 0.731. The van der Waals surface area contributed by atoms with E-state index >= 15 is 0 Å². The SMILES string of the molecule is COc1cc(C)c(S(=O)(=O)C(C)CCOCC(=O)C2CCN(C3CCN(C)CC3)CC2)c(C)c1. The summed E-state index contributed by atoms with van der Waals surface area (Å²) in [6.07, 6.45) is 4.59. The van der Waals surface area contributed by atoms with Crippen LogP contribution in [0, 0.1) is 19.8 Å². The predicted octanol–water partition coefficient (Wildman–Crippen LogP) is 3.26. The summed E-state index contributed by atoms with van der Waals surface area (Å²) >= 11 is 0. The molecule has 0 aliphatic carbocycles. The van der Waals surface area contributed by atoms with Gasteiger partial charge < -0.3 is 19.3 Å². The lowest BCUT2D eigenvalue weighted by atomic mass is 9.90. The van der Waals surface area contributed by atoms with Crippen molar-refractivity contribution in [1.82, 2.24) is 9.80 Å². The zero-order valence-electron chi connectivity index (χ0n) is 21.5. The molecular formula is C26H42N2O5S. The van der Waals surface area contributed by atoms with Gasteiger partial charge >= 0.3 is 0 Å². The number of rotatable bonds is 10. The van der Waals surface area contributed by atoms with Crippen molar-refractivity contribution in [2.75, 3.05) is 53.6 Å². The number of hydrogen-bond donors (Lipinski definition) is 0. The van der Waals surface area contributed by atoms with Crippen molar-refractivity contribution in [1.29, 1.82) is 0 Å². The first-order valence-electron chi connectivity index (χ1n) is 12.6. The fourth-order valence-corrected chi connectivity index (χ4v) is 7.14. The van der Waals surface area contributed by atoms with E-state index in [1.807, 2.05) is 0 Å². The normalized spacial score (nSPS) is 20.4. The van der Waals surface area contributed by atoms with E-state index < -0.39 is 15.1 Å². The van der Waals surface area contributed by atoms with E-state index in [-0.39, 0.29) is 24.9 Å². The van der Waals surface area contributed by atoms with Crippen LogP contribution < -0.4 is 4.74 Å². The van der Waals surface area contributed by atoms with Crippen LogP contribution in [-0.2, 0) is 19.4 Å². The number of nitrogens with zero attached hydrogens (tertiary/aromatic N) is 2. The van der Waals surface area contributed by atoms with Crippen LogP contribution in [0.25, 0.3) is 0 Å². The largest absolute Gasteiger partial charge is 0.497 e. The van der Waals surface area contributed by atoms with Crippen molar-refractivity contribution in [3.63, 3.8) is 0 Å². The Kier molecular flexibility index (Phi) is 9.55. The molecule has 7 nitrogen and oxygen atoms in total. The quantitative estimate of drug-likeness (QED) is 0.462. The molecule has 8 heteroatoms. The third-order valence-corrected chi connectivity index (χ3v) is 10.1. The van der Waals surface area contributed by atoms with Crippen LogP contribution in [0.5, 0.6) is 5.75 Å². The number of carbonyl (C=O) groups excluding carboxylic acids is 1. The summed E-state index contributed by atoms with van der Waals surface area (Å²) in [6.45, 7) is 9.92. The van der Waals surface area contributed by atoms with Crippen LogP contribution in [0.3, 0.4) is 0 Å². The van der Waals surface area contributed by atoms with E-state index in [0.29, 0.717) is 34.2 Å². The van der Waals surface area contributed by atoms with Crippen molar-refractivity contribution in [3.8, 4) is 5.75 Å². The van der Waals surface area contributed by atoms with Gasteiger partial charge in [-0.25, -0.2) is 8.42 Å². The van der Waals surface area contributed by atoms with Gasteiger partial charge in [0.25, 0.3) is 0 Å². The first kappa shape index (κ1) is 27.1. The molecule has 0 spiro atoms. The molecular weight excluding hydrogens is 452 g/mol. The summed E-state index contributed by atoms with van der Waals surface area (Å²) in [5.74, 6) is 0.870. The Balaban J connectivity index is 1.42. The van der Waals surface area contributed by atoms with E-state index in [2.05, 4.69) is 16.8 Å². The lowest BCUT2D eigenvalue weighted by Gasteiger charge is -2.40. The third kappa shape index (κ3) is 6.59. The Morgan fingerprint density at radius 1 is 1.06 bits per heavy atom. The van der Waals surface area contributed by atoms with Crippen molar-refractivity contribution >= 4 is 15.6 Å². The van der Waals surface area contributed by atoms with Crippen LogP contribution in [0.1, 0.15) is 50.2 Å². The molecule has 1 aromatic rings. The summed E-state index contributed by atoms with van der Waals surface area (Å²) in [5, 5.41) is -0.592. The highest BCUT2D eigenvalue weighted by atomic mass is 32.2. The van der Waals surface area contributed by atoms with E-state index in [0.717, 1.165) is 39.0 Å². The summed E-state index contributed by atoms with van der Waals surface area (Å²) in [4.78, 5) is 18.0. The molecule has 2 aliphatic rings. The van der Waals surface area contributed by atoms with Gasteiger partial charge in [0, 0.05) is 18.6 Å². The molecule has 0 N–H and O–H groups in total. The Hall–Kier alpha value is -1.48. The predicted molar refractivity (Wildman–Crippen MR) is 134 cm³/mol. The van der Waals surface area contributed by atoms with Gasteiger partial charge in [-0.3, -0.25) is 4.79 Å². The summed E-state index contributed by atoms with van der Waals surface area (Å²) in [5.41, 5.74) is 1.37. The van der Waals surface area contributed by atoms with Gasteiger partial charge in [0.1, 0.15) is 12.4 Å². The molecule has 2 heterocycles. The van der Waals surface area contributed by atoms with Gasteiger partial charge in [0.2, 0.25) is 0 Å². The Morgan fingerprint density at radius 3 is 2.21 bits per heavy atom. The molecule has 192 valence electrons. The summed E-state index contributed by atoms with van der Waals surface area (Å²) < 4.78 is 37.2. The highest BCUT2D eigenvalue weighted by molar-refractivity contribution is 7.92. The molecule has 2 aliphatic heterocycles. The number of sulfone groups is 1. The average molecular weight is 495 g/mol. The Bertz CT molecular complexity index is 910. The van der Waals surface area contributed by atoms with E-state index in [1.54, 1.807) is 40.0 Å². The van der Waals surface area contributed by atoms with E-state index in [1.165, 1.54) is 12.8 Å². The standard InChI is InChI=1S/C26H42N2O5S/c1-19-16-24(32-5)17-20(2)26(19)34(30,31)21(3)10-15-33-18-25(29)22-6-13-28(14-7-22)23-8-11-27(4)12-9-23/h16-17,21-23H,6-15,18H2,1-5H3. The number of benzene rings is 1. The molecule has 3 rings (SSSR count). The number of piperidine rings is 2. The molecule has 0 radical (unpaired) electrons. The van der Waals surface area contributed by atoms with E-state index in [9.17, 15) is 13.2 Å². The zero-order valence-corrected chi connectivity index (χ0v) is 22.3. The highest BCUT2D eigenvalue weighted by Gasteiger charge is 2.30. The van der Waals surface area contributed by atoms with Gasteiger partial charge in [-0.1, -0.05) is 0 Å². The lowest BCUT2D eigenvalue weighted by molar-refractivity contribution is -0.129. The van der Waals surface area contributed by atoms with Crippen LogP contribution >= 0.6 is 0 Å². The van der Waals surface area contributed by atoms with Gasteiger partial charge in [0.05, 0.1) is 17.3 Å². The van der Waals surface area contributed by atoms with Gasteiger partial charge in [-0.05, 0) is 109 Å². The second-order valence-electron chi connectivity index (χ2n) is 10.1. The van der Waals surface area contributed by atoms with Gasteiger partial charge in [-0.15, -0.1) is 0 Å². The van der Waals surface area contributed by atoms with E-state index in [4.69, 9.17) is 9.47 Å². The third-order valence-electron chi connectivity index (χ3n) is 7.59. The molecule has 0 aromatic heterocycles. The zero-order chi connectivity index (χ0) is 24.9. The minimum Gasteiger partial charge on any atom is -0.497 e. The van der Waals surface area contributed by atoms with Crippen molar-refractivity contribution in [2.24, 2.45) is 5.92 Å². The maximum atomic E-state index is 13.2. The van der Waals surface area contributed by atoms with Crippen molar-refractivity contribution < 1.29 is 22.7 Å². The summed E-state index contributed by atoms with van der Waals surface area (Å²) in [7, 11) is 0.255. The minimum absolute atomic E-state index is 0.0632. The first-order chi connectivity index (χ1) is 16.1. The number of methoxy groups -OCH3 is 1. The maximum absolute atomic E-state index is 13.2. The number of ether oxygens (including phenoxy) is 2. The van der Waals surface area contributed by atoms with Crippen LogP contribution in [0.15, 0.2) is 17.0 Å². The second kappa shape index (κ2) is 12.0. The Morgan fingerprint density at radius 2 is 1.65 bits per heavy atom. The molecule has 0 amide bonds. The number of Topliss-reactive ketones (excluding diaryl/α,β-unsaturated/α-hetero) is 1. The summed E-state index contributed by atoms with van der Waals surface area (Å²) in [6, 6.07) is 4.16. The maximum Gasteiger partial charge on any atom is 0.181 e. The number of carbonyl (C=O) groups is 1. The highest BCUT2D eigenvalue weighted by Crippen LogP contribution is 2.29. The minimum atomic E-state index is -3.50. The number of likely N-dealkylation sites (tertiary alicyclic amines) is 2. The fourth-order valence-electron chi connectivity index (χ4n) is 5.32. The smallest absolute Gasteiger partial charge is 0.181 e. The molecule has 1 unspecified atom stereocenters. The molecule has 2 saturated heterocycles. The lowest BCUT2D eigenvalue weighted by Crippen LogP contribution is -2.47. The first-order valence-corrected chi connectivity index (χ1v) is 14.1.